The zero-order chi connectivity index (χ0) is 16.4. The van der Waals surface area contributed by atoms with Crippen LogP contribution in [0.25, 0.3) is 0 Å². The predicted octanol–water partition coefficient (Wildman–Crippen LogP) is 2.24. The monoisotopic (exact) mass is 309 g/mol. The van der Waals surface area contributed by atoms with E-state index in [1.165, 1.54) is 7.11 Å². The maximum atomic E-state index is 12.4. The van der Waals surface area contributed by atoms with Crippen molar-refractivity contribution in [1.82, 2.24) is 4.90 Å². The maximum Gasteiger partial charge on any atom is 0.314 e. The van der Waals surface area contributed by atoms with Crippen LogP contribution >= 0.6 is 0 Å². The quantitative estimate of drug-likeness (QED) is 0.642. The van der Waals surface area contributed by atoms with Crippen LogP contribution < -0.4 is 0 Å². The number of esters is 1. The summed E-state index contributed by atoms with van der Waals surface area (Å²) in [6, 6.07) is 15.6. The molecule has 1 unspecified atom stereocenters. The zero-order valence-corrected chi connectivity index (χ0v) is 12.6. The summed E-state index contributed by atoms with van der Waals surface area (Å²) in [6.07, 6.45) is 0. The van der Waals surface area contributed by atoms with Gasteiger partial charge in [-0.1, -0.05) is 42.5 Å². The van der Waals surface area contributed by atoms with Gasteiger partial charge in [-0.15, -0.1) is 0 Å². The van der Waals surface area contributed by atoms with Gasteiger partial charge in [0.2, 0.25) is 0 Å². The van der Waals surface area contributed by atoms with Gasteiger partial charge < -0.3 is 4.74 Å². The Morgan fingerprint density at radius 3 is 2.00 bits per heavy atom. The summed E-state index contributed by atoms with van der Waals surface area (Å²) in [4.78, 5) is 38.1. The number of fused-ring (bicyclic) bond motifs is 1. The van der Waals surface area contributed by atoms with Gasteiger partial charge in [-0.3, -0.25) is 19.3 Å². The van der Waals surface area contributed by atoms with Crippen molar-refractivity contribution < 1.29 is 19.1 Å². The topological polar surface area (TPSA) is 63.7 Å². The van der Waals surface area contributed by atoms with Crippen molar-refractivity contribution in [1.29, 1.82) is 0 Å². The summed E-state index contributed by atoms with van der Waals surface area (Å²) in [7, 11) is 1.29. The largest absolute Gasteiger partial charge is 0.468 e. The molecule has 0 fully saturated rings. The van der Waals surface area contributed by atoms with E-state index in [1.54, 1.807) is 48.5 Å². The Morgan fingerprint density at radius 2 is 1.48 bits per heavy atom. The van der Waals surface area contributed by atoms with Crippen LogP contribution in [0.3, 0.4) is 0 Å². The summed E-state index contributed by atoms with van der Waals surface area (Å²) >= 11 is 0. The highest BCUT2D eigenvalue weighted by molar-refractivity contribution is 6.21. The smallest absolute Gasteiger partial charge is 0.314 e. The molecule has 0 N–H and O–H groups in total. The summed E-state index contributed by atoms with van der Waals surface area (Å²) in [5.74, 6) is -1.94. The van der Waals surface area contributed by atoms with Gasteiger partial charge >= 0.3 is 5.97 Å². The average Bonchev–Trinajstić information content (AvgIpc) is 2.84. The molecule has 2 aromatic carbocycles. The van der Waals surface area contributed by atoms with Gasteiger partial charge in [0.15, 0.2) is 0 Å². The van der Waals surface area contributed by atoms with Crippen LogP contribution in [-0.2, 0) is 9.53 Å². The summed E-state index contributed by atoms with van der Waals surface area (Å²) in [5, 5.41) is 0. The van der Waals surface area contributed by atoms with Gasteiger partial charge in [-0.2, -0.15) is 0 Å². The summed E-state index contributed by atoms with van der Waals surface area (Å²) in [5.41, 5.74) is 1.44. The first-order valence-electron chi connectivity index (χ1n) is 7.21. The maximum absolute atomic E-state index is 12.4. The molecule has 5 heteroatoms. The second kappa shape index (κ2) is 6.04. The first-order chi connectivity index (χ1) is 11.1. The van der Waals surface area contributed by atoms with E-state index in [1.807, 2.05) is 6.07 Å². The summed E-state index contributed by atoms with van der Waals surface area (Å²) in [6.45, 7) is -0.0387. The fraction of sp³-hybridized carbons (Fsp3) is 0.167. The molecule has 0 saturated heterocycles. The lowest BCUT2D eigenvalue weighted by Crippen LogP contribution is -2.36. The number of methoxy groups -OCH3 is 1. The molecule has 2 amide bonds. The van der Waals surface area contributed by atoms with Crippen LogP contribution in [0.2, 0.25) is 0 Å². The minimum Gasteiger partial charge on any atom is -0.468 e. The van der Waals surface area contributed by atoms with E-state index in [4.69, 9.17) is 4.74 Å². The standard InChI is InChI=1S/C18H15NO4/c1-23-18(22)15(12-7-3-2-4-8-12)11-19-16(20)13-9-5-6-10-14(13)17(19)21/h2-10,15H,11H2,1H3. The minimum atomic E-state index is -0.705. The first kappa shape index (κ1) is 15.0. The molecule has 0 radical (unpaired) electrons. The molecule has 116 valence electrons. The molecule has 2 aromatic rings. The molecule has 1 atom stereocenters. The number of hydrogen-bond donors (Lipinski definition) is 0. The molecular formula is C18H15NO4. The van der Waals surface area contributed by atoms with Gasteiger partial charge in [0, 0.05) is 6.54 Å². The molecule has 5 nitrogen and oxygen atoms in total. The van der Waals surface area contributed by atoms with E-state index in [0.717, 1.165) is 4.90 Å². The number of rotatable bonds is 4. The molecule has 3 rings (SSSR count). The number of carbonyl (C=O) groups is 3. The fourth-order valence-electron chi connectivity index (χ4n) is 2.73. The van der Waals surface area contributed by atoms with Gasteiger partial charge in [0.1, 0.15) is 0 Å². The molecule has 0 aromatic heterocycles. The molecule has 23 heavy (non-hydrogen) atoms. The number of carbonyl (C=O) groups excluding carboxylic acids is 3. The van der Waals surface area contributed by atoms with Crippen molar-refractivity contribution in [2.45, 2.75) is 5.92 Å². The SMILES string of the molecule is COC(=O)C(CN1C(=O)c2ccccc2C1=O)c1ccccc1. The first-order valence-corrected chi connectivity index (χ1v) is 7.21. The van der Waals surface area contributed by atoms with Gasteiger partial charge in [-0.05, 0) is 17.7 Å². The Labute approximate surface area is 133 Å². The molecule has 0 aliphatic carbocycles. The van der Waals surface area contributed by atoms with Crippen LogP contribution in [0.5, 0.6) is 0 Å². The van der Waals surface area contributed by atoms with Crippen molar-refractivity contribution in [2.24, 2.45) is 0 Å². The second-order valence-corrected chi connectivity index (χ2v) is 5.25. The number of amides is 2. The number of ether oxygens (including phenoxy) is 1. The van der Waals surface area contributed by atoms with Crippen LogP contribution in [0, 0.1) is 0 Å². The van der Waals surface area contributed by atoms with Crippen LogP contribution in [0.15, 0.2) is 54.6 Å². The van der Waals surface area contributed by atoms with E-state index in [-0.39, 0.29) is 18.4 Å². The van der Waals surface area contributed by atoms with Crippen molar-refractivity contribution in [3.63, 3.8) is 0 Å². The van der Waals surface area contributed by atoms with Crippen molar-refractivity contribution in [3.05, 3.63) is 71.3 Å². The number of benzene rings is 2. The van der Waals surface area contributed by atoms with E-state index in [9.17, 15) is 14.4 Å². The van der Waals surface area contributed by atoms with Gasteiger partial charge in [-0.25, -0.2) is 0 Å². The Hall–Kier alpha value is -2.95. The van der Waals surface area contributed by atoms with E-state index >= 15 is 0 Å². The Bertz CT molecular complexity index is 735. The van der Waals surface area contributed by atoms with Crippen molar-refractivity contribution in [3.8, 4) is 0 Å². The summed E-state index contributed by atoms with van der Waals surface area (Å²) < 4.78 is 4.84. The lowest BCUT2D eigenvalue weighted by atomic mass is 9.98. The average molecular weight is 309 g/mol. The molecular weight excluding hydrogens is 294 g/mol. The number of nitrogens with zero attached hydrogens (tertiary/aromatic N) is 1. The van der Waals surface area contributed by atoms with Gasteiger partial charge in [0.25, 0.3) is 11.8 Å². The van der Waals surface area contributed by atoms with Crippen LogP contribution in [0.1, 0.15) is 32.2 Å². The van der Waals surface area contributed by atoms with E-state index < -0.39 is 11.9 Å². The molecule has 1 aliphatic rings. The Morgan fingerprint density at radius 1 is 0.957 bits per heavy atom. The number of hydrogen-bond acceptors (Lipinski definition) is 4. The zero-order valence-electron chi connectivity index (χ0n) is 12.6. The Kier molecular flexibility index (Phi) is 3.93. The van der Waals surface area contributed by atoms with Crippen LogP contribution in [-0.4, -0.2) is 36.3 Å². The van der Waals surface area contributed by atoms with E-state index in [2.05, 4.69) is 0 Å². The lowest BCUT2D eigenvalue weighted by Gasteiger charge is -2.21. The molecule has 0 spiro atoms. The normalized spacial score (nSPS) is 14.6. The Balaban J connectivity index is 1.92. The fourth-order valence-corrected chi connectivity index (χ4v) is 2.73. The molecule has 0 bridgehead atoms. The highest BCUT2D eigenvalue weighted by Crippen LogP contribution is 2.26. The second-order valence-electron chi connectivity index (χ2n) is 5.25. The van der Waals surface area contributed by atoms with Crippen molar-refractivity contribution in [2.75, 3.05) is 13.7 Å². The third kappa shape index (κ3) is 2.61. The van der Waals surface area contributed by atoms with Gasteiger partial charge in [0.05, 0.1) is 24.2 Å². The lowest BCUT2D eigenvalue weighted by molar-refractivity contribution is -0.142. The predicted molar refractivity (Wildman–Crippen MR) is 83.0 cm³/mol. The minimum absolute atomic E-state index is 0.0387. The third-order valence-corrected chi connectivity index (χ3v) is 3.93. The van der Waals surface area contributed by atoms with E-state index in [0.29, 0.717) is 16.7 Å². The highest BCUT2D eigenvalue weighted by Gasteiger charge is 2.38. The third-order valence-electron chi connectivity index (χ3n) is 3.93. The highest BCUT2D eigenvalue weighted by atomic mass is 16.5. The molecule has 1 aliphatic heterocycles. The van der Waals surface area contributed by atoms with Crippen LogP contribution in [0.4, 0.5) is 0 Å². The number of imide groups is 1. The molecule has 1 heterocycles. The molecule has 0 saturated carbocycles. The van der Waals surface area contributed by atoms with Crippen molar-refractivity contribution >= 4 is 17.8 Å².